The summed E-state index contributed by atoms with van der Waals surface area (Å²) in [5.41, 5.74) is 1.19. The van der Waals surface area contributed by atoms with Crippen molar-refractivity contribution in [3.05, 3.63) is 36.4 Å². The van der Waals surface area contributed by atoms with Gasteiger partial charge in [-0.2, -0.15) is 5.10 Å². The average molecular weight is 259 g/mol. The van der Waals surface area contributed by atoms with Gasteiger partial charge in [-0.15, -0.1) is 0 Å². The first-order valence-corrected chi connectivity index (χ1v) is 6.42. The van der Waals surface area contributed by atoms with E-state index in [2.05, 4.69) is 30.7 Å². The van der Waals surface area contributed by atoms with Gasteiger partial charge in [0.15, 0.2) is 0 Å². The van der Waals surface area contributed by atoms with Crippen LogP contribution in [0.1, 0.15) is 18.2 Å². The van der Waals surface area contributed by atoms with Crippen LogP contribution in [0.2, 0.25) is 0 Å². The number of ether oxygens (including phenoxy) is 1. The van der Waals surface area contributed by atoms with Gasteiger partial charge in [0.2, 0.25) is 5.95 Å². The van der Waals surface area contributed by atoms with Crippen molar-refractivity contribution in [1.82, 2.24) is 19.7 Å². The zero-order valence-electron chi connectivity index (χ0n) is 10.9. The quantitative estimate of drug-likeness (QED) is 0.827. The number of anilines is 1. The monoisotopic (exact) mass is 259 g/mol. The highest BCUT2D eigenvalue weighted by molar-refractivity contribution is 5.32. The van der Waals surface area contributed by atoms with E-state index in [1.807, 2.05) is 12.3 Å². The summed E-state index contributed by atoms with van der Waals surface area (Å²) >= 11 is 0. The second-order valence-electron chi connectivity index (χ2n) is 4.63. The molecule has 0 fully saturated rings. The van der Waals surface area contributed by atoms with Crippen molar-refractivity contribution >= 4 is 5.95 Å². The molecule has 19 heavy (non-hydrogen) atoms. The predicted molar refractivity (Wildman–Crippen MR) is 70.8 cm³/mol. The molecule has 1 aliphatic heterocycles. The molecule has 0 amide bonds. The Morgan fingerprint density at radius 3 is 2.95 bits per heavy atom. The first-order valence-electron chi connectivity index (χ1n) is 6.42. The molecule has 3 heterocycles. The van der Waals surface area contributed by atoms with Gasteiger partial charge in [0.1, 0.15) is 0 Å². The van der Waals surface area contributed by atoms with Gasteiger partial charge in [-0.3, -0.25) is 4.68 Å². The summed E-state index contributed by atoms with van der Waals surface area (Å²) in [6, 6.07) is 4.19. The minimum atomic E-state index is 0.308. The fraction of sp³-hybridized carbons (Fsp3) is 0.462. The smallest absolute Gasteiger partial charge is 0.225 e. The molecule has 3 rings (SSSR count). The Kier molecular flexibility index (Phi) is 3.41. The normalized spacial score (nSPS) is 18.4. The van der Waals surface area contributed by atoms with Crippen molar-refractivity contribution in [3.8, 4) is 0 Å². The van der Waals surface area contributed by atoms with Gasteiger partial charge in [-0.25, -0.2) is 9.97 Å². The van der Waals surface area contributed by atoms with Gasteiger partial charge in [-0.05, 0) is 18.6 Å². The molecule has 0 aliphatic carbocycles. The molecule has 0 radical (unpaired) electrons. The van der Waals surface area contributed by atoms with Crippen LogP contribution in [0, 0.1) is 0 Å². The van der Waals surface area contributed by atoms with E-state index in [1.54, 1.807) is 19.5 Å². The van der Waals surface area contributed by atoms with E-state index in [4.69, 9.17) is 4.74 Å². The van der Waals surface area contributed by atoms with Crippen LogP contribution in [-0.2, 0) is 11.3 Å². The SMILES string of the molecule is COCC[C@H]1CN(c2ncccn2)Cc2ccnn21. The highest BCUT2D eigenvalue weighted by Crippen LogP contribution is 2.25. The fourth-order valence-electron chi connectivity index (χ4n) is 2.46. The van der Waals surface area contributed by atoms with Crippen LogP contribution in [0.5, 0.6) is 0 Å². The van der Waals surface area contributed by atoms with Gasteiger partial charge in [0, 0.05) is 38.9 Å². The Bertz CT molecular complexity index is 527. The molecule has 1 atom stereocenters. The molecule has 0 saturated carbocycles. The molecule has 0 unspecified atom stereocenters. The number of hydrogen-bond donors (Lipinski definition) is 0. The van der Waals surface area contributed by atoms with Crippen molar-refractivity contribution in [2.75, 3.05) is 25.2 Å². The number of nitrogens with zero attached hydrogens (tertiary/aromatic N) is 5. The molecule has 0 aromatic carbocycles. The van der Waals surface area contributed by atoms with Crippen molar-refractivity contribution in [1.29, 1.82) is 0 Å². The van der Waals surface area contributed by atoms with E-state index < -0.39 is 0 Å². The van der Waals surface area contributed by atoms with Crippen LogP contribution >= 0.6 is 0 Å². The molecule has 100 valence electrons. The van der Waals surface area contributed by atoms with Crippen LogP contribution in [-0.4, -0.2) is 40.0 Å². The number of rotatable bonds is 4. The van der Waals surface area contributed by atoms with E-state index in [0.29, 0.717) is 6.04 Å². The maximum absolute atomic E-state index is 5.19. The number of fused-ring (bicyclic) bond motifs is 1. The zero-order valence-corrected chi connectivity index (χ0v) is 10.9. The number of hydrogen-bond acceptors (Lipinski definition) is 5. The topological polar surface area (TPSA) is 56.1 Å². The second-order valence-corrected chi connectivity index (χ2v) is 4.63. The molecular formula is C13H17N5O. The maximum atomic E-state index is 5.19. The lowest BCUT2D eigenvalue weighted by molar-refractivity contribution is 0.172. The Morgan fingerprint density at radius 2 is 2.16 bits per heavy atom. The van der Waals surface area contributed by atoms with Gasteiger partial charge in [-0.1, -0.05) is 0 Å². The Balaban J connectivity index is 1.84. The summed E-state index contributed by atoms with van der Waals surface area (Å²) in [6.07, 6.45) is 6.34. The van der Waals surface area contributed by atoms with Crippen LogP contribution < -0.4 is 4.90 Å². The molecule has 6 heteroatoms. The Morgan fingerprint density at radius 1 is 1.32 bits per heavy atom. The molecule has 0 bridgehead atoms. The first kappa shape index (κ1) is 12.1. The van der Waals surface area contributed by atoms with E-state index in [-0.39, 0.29) is 0 Å². The Hall–Kier alpha value is -1.95. The number of aromatic nitrogens is 4. The maximum Gasteiger partial charge on any atom is 0.225 e. The second kappa shape index (κ2) is 5.36. The summed E-state index contributed by atoms with van der Waals surface area (Å²) in [7, 11) is 1.73. The third-order valence-electron chi connectivity index (χ3n) is 3.37. The largest absolute Gasteiger partial charge is 0.385 e. The van der Waals surface area contributed by atoms with Gasteiger partial charge in [0.05, 0.1) is 18.3 Å². The first-order chi connectivity index (χ1) is 9.38. The minimum absolute atomic E-state index is 0.308. The van der Waals surface area contributed by atoms with Crippen molar-refractivity contribution in [2.24, 2.45) is 0 Å². The van der Waals surface area contributed by atoms with Crippen LogP contribution in [0.25, 0.3) is 0 Å². The third-order valence-corrected chi connectivity index (χ3v) is 3.37. The van der Waals surface area contributed by atoms with E-state index in [9.17, 15) is 0 Å². The van der Waals surface area contributed by atoms with E-state index >= 15 is 0 Å². The van der Waals surface area contributed by atoms with Gasteiger partial charge in [0.25, 0.3) is 0 Å². The third kappa shape index (κ3) is 2.44. The van der Waals surface area contributed by atoms with Crippen molar-refractivity contribution in [3.63, 3.8) is 0 Å². The lowest BCUT2D eigenvalue weighted by Crippen LogP contribution is -2.39. The average Bonchev–Trinajstić information content (AvgIpc) is 2.94. The molecule has 2 aromatic heterocycles. The molecule has 0 saturated heterocycles. The lowest BCUT2D eigenvalue weighted by Gasteiger charge is -2.33. The summed E-state index contributed by atoms with van der Waals surface area (Å²) in [4.78, 5) is 10.8. The van der Waals surface area contributed by atoms with Crippen molar-refractivity contribution in [2.45, 2.75) is 19.0 Å². The molecule has 1 aliphatic rings. The molecule has 2 aromatic rings. The predicted octanol–water partition coefficient (Wildman–Crippen LogP) is 1.27. The molecular weight excluding hydrogens is 242 g/mol. The van der Waals surface area contributed by atoms with E-state index in [1.165, 1.54) is 5.69 Å². The fourth-order valence-corrected chi connectivity index (χ4v) is 2.46. The highest BCUT2D eigenvalue weighted by Gasteiger charge is 2.26. The summed E-state index contributed by atoms with van der Waals surface area (Å²) in [5.74, 6) is 0.775. The standard InChI is InChI=1S/C13H17N5O/c1-19-8-4-12-10-17(13-14-5-2-6-15-13)9-11-3-7-16-18(11)12/h2-3,5-7,12H,4,8-10H2,1H3/t12-/m0/s1. The Labute approximate surface area is 112 Å². The van der Waals surface area contributed by atoms with Gasteiger partial charge >= 0.3 is 0 Å². The van der Waals surface area contributed by atoms with Crippen LogP contribution in [0.15, 0.2) is 30.7 Å². The molecule has 0 N–H and O–H groups in total. The van der Waals surface area contributed by atoms with Crippen molar-refractivity contribution < 1.29 is 4.74 Å². The summed E-state index contributed by atoms with van der Waals surface area (Å²) in [5, 5.41) is 4.41. The zero-order chi connectivity index (χ0) is 13.1. The minimum Gasteiger partial charge on any atom is -0.385 e. The lowest BCUT2D eigenvalue weighted by atomic mass is 10.1. The molecule has 0 spiro atoms. The summed E-state index contributed by atoms with van der Waals surface area (Å²) in [6.45, 7) is 2.39. The summed E-state index contributed by atoms with van der Waals surface area (Å²) < 4.78 is 7.28. The number of methoxy groups -OCH3 is 1. The van der Waals surface area contributed by atoms with Gasteiger partial charge < -0.3 is 9.64 Å². The van der Waals surface area contributed by atoms with Crippen LogP contribution in [0.4, 0.5) is 5.95 Å². The molecule has 6 nitrogen and oxygen atoms in total. The van der Waals surface area contributed by atoms with Crippen LogP contribution in [0.3, 0.4) is 0 Å². The van der Waals surface area contributed by atoms with E-state index in [0.717, 1.165) is 32.1 Å². The highest BCUT2D eigenvalue weighted by atomic mass is 16.5.